The number of esters is 1. The van der Waals surface area contributed by atoms with Crippen molar-refractivity contribution in [1.29, 1.82) is 0 Å². The van der Waals surface area contributed by atoms with Crippen LogP contribution in [0.5, 0.6) is 0 Å². The number of hydrogen-bond donors (Lipinski definition) is 0. The molecule has 74 valence electrons. The molecule has 0 bridgehead atoms. The highest BCUT2D eigenvalue weighted by atomic mass is 127. The lowest BCUT2D eigenvalue weighted by atomic mass is 10.1. The van der Waals surface area contributed by atoms with E-state index < -0.39 is 0 Å². The smallest absolute Gasteiger partial charge is 0.306 e. The van der Waals surface area contributed by atoms with Crippen LogP contribution in [0.2, 0.25) is 0 Å². The summed E-state index contributed by atoms with van der Waals surface area (Å²) in [6.07, 6.45) is 4.94. The van der Waals surface area contributed by atoms with E-state index in [1.54, 1.807) is 12.4 Å². The van der Waals surface area contributed by atoms with E-state index in [-0.39, 0.29) is 16.0 Å². The molecule has 2 unspecified atom stereocenters. The minimum Gasteiger partial charge on any atom is -0.461 e. The minimum absolute atomic E-state index is 0.0329. The van der Waals surface area contributed by atoms with Gasteiger partial charge >= 0.3 is 5.97 Å². The first-order valence-electron chi connectivity index (χ1n) is 4.51. The SMILES string of the molecule is O=C1CCC(C(I)c2ccncc2)O1. The third kappa shape index (κ3) is 2.05. The number of halogens is 1. The van der Waals surface area contributed by atoms with Gasteiger partial charge in [0.15, 0.2) is 0 Å². The molecule has 14 heavy (non-hydrogen) atoms. The predicted molar refractivity (Wildman–Crippen MR) is 60.1 cm³/mol. The molecule has 3 nitrogen and oxygen atoms in total. The summed E-state index contributed by atoms with van der Waals surface area (Å²) >= 11 is 2.31. The highest BCUT2D eigenvalue weighted by Gasteiger charge is 2.30. The van der Waals surface area contributed by atoms with E-state index in [9.17, 15) is 4.79 Å². The number of nitrogens with zero attached hydrogens (tertiary/aromatic N) is 1. The molecular weight excluding hydrogens is 293 g/mol. The average Bonchev–Trinajstić information content (AvgIpc) is 2.65. The number of rotatable bonds is 2. The Morgan fingerprint density at radius 3 is 2.79 bits per heavy atom. The molecule has 0 spiro atoms. The number of hydrogen-bond acceptors (Lipinski definition) is 3. The molecule has 2 atom stereocenters. The monoisotopic (exact) mass is 303 g/mol. The topological polar surface area (TPSA) is 39.2 Å². The molecule has 1 aromatic heterocycles. The van der Waals surface area contributed by atoms with Gasteiger partial charge in [0.1, 0.15) is 6.10 Å². The van der Waals surface area contributed by atoms with Gasteiger partial charge in [0, 0.05) is 18.8 Å². The quantitative estimate of drug-likeness (QED) is 0.478. The summed E-state index contributed by atoms with van der Waals surface area (Å²) in [6.45, 7) is 0. The van der Waals surface area contributed by atoms with Crippen LogP contribution in [-0.4, -0.2) is 17.1 Å². The summed E-state index contributed by atoms with van der Waals surface area (Å²) in [5.74, 6) is -0.0780. The first-order valence-corrected chi connectivity index (χ1v) is 5.75. The molecule has 1 saturated heterocycles. The first kappa shape index (κ1) is 9.89. The number of aromatic nitrogens is 1. The molecule has 0 radical (unpaired) electrons. The Hall–Kier alpha value is -0.650. The van der Waals surface area contributed by atoms with Crippen molar-refractivity contribution >= 4 is 28.6 Å². The molecule has 0 aliphatic carbocycles. The summed E-state index contributed by atoms with van der Waals surface area (Å²) in [6, 6.07) is 3.92. The van der Waals surface area contributed by atoms with Gasteiger partial charge in [0.05, 0.1) is 3.92 Å². The summed E-state index contributed by atoms with van der Waals surface area (Å²) in [7, 11) is 0. The third-order valence-electron chi connectivity index (χ3n) is 2.27. The Balaban J connectivity index is 2.09. The second-order valence-corrected chi connectivity index (χ2v) is 4.59. The number of ether oxygens (including phenoxy) is 1. The van der Waals surface area contributed by atoms with Crippen molar-refractivity contribution < 1.29 is 9.53 Å². The summed E-state index contributed by atoms with van der Waals surface area (Å²) in [5, 5.41) is 0. The minimum atomic E-state index is -0.0780. The first-order chi connectivity index (χ1) is 6.77. The van der Waals surface area contributed by atoms with Gasteiger partial charge in [-0.2, -0.15) is 0 Å². The van der Waals surface area contributed by atoms with Crippen LogP contribution in [0.1, 0.15) is 22.3 Å². The Morgan fingerprint density at radius 2 is 2.21 bits per heavy atom. The fourth-order valence-corrected chi connectivity index (χ4v) is 2.44. The molecule has 1 aliphatic rings. The van der Waals surface area contributed by atoms with Gasteiger partial charge in [-0.3, -0.25) is 9.78 Å². The second kappa shape index (κ2) is 4.25. The number of carbonyl (C=O) groups is 1. The Kier molecular flexibility index (Phi) is 3.00. The van der Waals surface area contributed by atoms with E-state index in [4.69, 9.17) is 4.74 Å². The molecule has 2 heterocycles. The number of cyclic esters (lactones) is 1. The molecule has 1 aliphatic heterocycles. The molecule has 0 amide bonds. The maximum atomic E-state index is 11.0. The van der Waals surface area contributed by atoms with E-state index in [2.05, 4.69) is 27.6 Å². The number of pyridine rings is 1. The molecule has 2 rings (SSSR count). The molecular formula is C10H10INO2. The maximum absolute atomic E-state index is 11.0. The van der Waals surface area contributed by atoms with Crippen molar-refractivity contribution in [3.8, 4) is 0 Å². The van der Waals surface area contributed by atoms with E-state index >= 15 is 0 Å². The lowest BCUT2D eigenvalue weighted by Gasteiger charge is -2.16. The van der Waals surface area contributed by atoms with Crippen molar-refractivity contribution in [2.24, 2.45) is 0 Å². The third-order valence-corrected chi connectivity index (χ3v) is 3.79. The van der Waals surface area contributed by atoms with Gasteiger partial charge < -0.3 is 4.74 Å². The zero-order valence-electron chi connectivity index (χ0n) is 7.52. The summed E-state index contributed by atoms with van der Waals surface area (Å²) in [4.78, 5) is 14.9. The van der Waals surface area contributed by atoms with Gasteiger partial charge in [-0.05, 0) is 24.1 Å². The van der Waals surface area contributed by atoms with Gasteiger partial charge in [0.25, 0.3) is 0 Å². The summed E-state index contributed by atoms with van der Waals surface area (Å²) in [5.41, 5.74) is 1.17. The van der Waals surface area contributed by atoms with Crippen LogP contribution in [0.15, 0.2) is 24.5 Å². The fourth-order valence-electron chi connectivity index (χ4n) is 1.51. The van der Waals surface area contributed by atoms with E-state index in [0.717, 1.165) is 6.42 Å². The highest BCUT2D eigenvalue weighted by Crippen LogP contribution is 2.34. The standard InChI is InChI=1S/C10H10INO2/c11-10(7-3-5-12-6-4-7)8-1-2-9(13)14-8/h3-6,8,10H,1-2H2. The Labute approximate surface area is 96.0 Å². The molecule has 1 aromatic rings. The maximum Gasteiger partial charge on any atom is 0.306 e. The van der Waals surface area contributed by atoms with Crippen LogP contribution < -0.4 is 0 Å². The number of alkyl halides is 1. The van der Waals surface area contributed by atoms with Crippen molar-refractivity contribution in [2.75, 3.05) is 0 Å². The van der Waals surface area contributed by atoms with Gasteiger partial charge in [-0.25, -0.2) is 0 Å². The fraction of sp³-hybridized carbons (Fsp3) is 0.400. The predicted octanol–water partition coefficient (Wildman–Crippen LogP) is 2.26. The molecule has 1 fully saturated rings. The Morgan fingerprint density at radius 1 is 1.50 bits per heavy atom. The lowest BCUT2D eigenvalue weighted by molar-refractivity contribution is -0.141. The van der Waals surface area contributed by atoms with Crippen LogP contribution >= 0.6 is 22.6 Å². The van der Waals surface area contributed by atoms with Crippen LogP contribution in [0, 0.1) is 0 Å². The van der Waals surface area contributed by atoms with Crippen LogP contribution in [-0.2, 0) is 9.53 Å². The van der Waals surface area contributed by atoms with Crippen molar-refractivity contribution in [3.63, 3.8) is 0 Å². The lowest BCUT2D eigenvalue weighted by Crippen LogP contribution is -2.13. The van der Waals surface area contributed by atoms with Crippen molar-refractivity contribution in [2.45, 2.75) is 22.9 Å². The normalized spacial score (nSPS) is 23.2. The zero-order chi connectivity index (χ0) is 9.97. The van der Waals surface area contributed by atoms with Crippen LogP contribution in [0.4, 0.5) is 0 Å². The van der Waals surface area contributed by atoms with E-state index in [1.807, 2.05) is 12.1 Å². The molecule has 0 saturated carbocycles. The number of carbonyl (C=O) groups excluding carboxylic acids is 1. The molecule has 0 N–H and O–H groups in total. The van der Waals surface area contributed by atoms with Crippen LogP contribution in [0.25, 0.3) is 0 Å². The zero-order valence-corrected chi connectivity index (χ0v) is 9.68. The van der Waals surface area contributed by atoms with Gasteiger partial charge in [-0.1, -0.05) is 22.6 Å². The van der Waals surface area contributed by atoms with E-state index in [1.165, 1.54) is 5.56 Å². The summed E-state index contributed by atoms with van der Waals surface area (Å²) < 4.78 is 5.45. The average molecular weight is 303 g/mol. The molecule has 0 aromatic carbocycles. The van der Waals surface area contributed by atoms with Crippen molar-refractivity contribution in [3.05, 3.63) is 30.1 Å². The largest absolute Gasteiger partial charge is 0.461 e. The van der Waals surface area contributed by atoms with Crippen molar-refractivity contribution in [1.82, 2.24) is 4.98 Å². The molecule has 4 heteroatoms. The Bertz CT molecular complexity index is 328. The van der Waals surface area contributed by atoms with Gasteiger partial charge in [-0.15, -0.1) is 0 Å². The van der Waals surface area contributed by atoms with Crippen LogP contribution in [0.3, 0.4) is 0 Å². The highest BCUT2D eigenvalue weighted by molar-refractivity contribution is 14.1. The second-order valence-electron chi connectivity index (χ2n) is 3.25. The van der Waals surface area contributed by atoms with E-state index in [0.29, 0.717) is 6.42 Å². The van der Waals surface area contributed by atoms with Gasteiger partial charge in [0.2, 0.25) is 0 Å².